The van der Waals surface area contributed by atoms with Crippen LogP contribution in [0.2, 0.25) is 0 Å². The standard InChI is InChI=1S/C14H22N2O2/c1-10(2)13(9-18-3)16-8-11-6-4-5-7-12(11)14(15)17/h4-7,10,13,16H,8-9H2,1-3H3,(H2,15,17). The molecule has 1 unspecified atom stereocenters. The van der Waals surface area contributed by atoms with Gasteiger partial charge in [0.2, 0.25) is 5.91 Å². The summed E-state index contributed by atoms with van der Waals surface area (Å²) < 4.78 is 5.18. The number of carbonyl (C=O) groups excluding carboxylic acids is 1. The highest BCUT2D eigenvalue weighted by Gasteiger charge is 2.14. The van der Waals surface area contributed by atoms with Crippen molar-refractivity contribution in [2.45, 2.75) is 26.4 Å². The van der Waals surface area contributed by atoms with Crippen LogP contribution in [-0.4, -0.2) is 25.7 Å². The van der Waals surface area contributed by atoms with Crippen molar-refractivity contribution in [2.75, 3.05) is 13.7 Å². The molecule has 1 aromatic carbocycles. The lowest BCUT2D eigenvalue weighted by molar-refractivity contribution is 0.0999. The van der Waals surface area contributed by atoms with Crippen LogP contribution in [0.15, 0.2) is 24.3 Å². The molecule has 0 saturated heterocycles. The number of benzene rings is 1. The third-order valence-corrected chi connectivity index (χ3v) is 2.99. The zero-order valence-electron chi connectivity index (χ0n) is 11.3. The zero-order valence-corrected chi connectivity index (χ0v) is 11.3. The molecule has 4 heteroatoms. The summed E-state index contributed by atoms with van der Waals surface area (Å²) in [5.41, 5.74) is 6.84. The SMILES string of the molecule is COCC(NCc1ccccc1C(N)=O)C(C)C. The van der Waals surface area contributed by atoms with E-state index in [2.05, 4.69) is 19.2 Å². The van der Waals surface area contributed by atoms with Gasteiger partial charge in [-0.15, -0.1) is 0 Å². The molecule has 0 heterocycles. The third kappa shape index (κ3) is 4.13. The maximum Gasteiger partial charge on any atom is 0.249 e. The van der Waals surface area contributed by atoms with E-state index in [1.54, 1.807) is 13.2 Å². The number of nitrogens with two attached hydrogens (primary N) is 1. The van der Waals surface area contributed by atoms with Crippen LogP contribution in [0, 0.1) is 5.92 Å². The average molecular weight is 250 g/mol. The van der Waals surface area contributed by atoms with Gasteiger partial charge in [-0.1, -0.05) is 32.0 Å². The van der Waals surface area contributed by atoms with E-state index in [-0.39, 0.29) is 11.9 Å². The van der Waals surface area contributed by atoms with Gasteiger partial charge in [0.15, 0.2) is 0 Å². The topological polar surface area (TPSA) is 64.3 Å². The van der Waals surface area contributed by atoms with Gasteiger partial charge in [-0.25, -0.2) is 0 Å². The summed E-state index contributed by atoms with van der Waals surface area (Å²) in [6.45, 7) is 5.54. The fourth-order valence-electron chi connectivity index (χ4n) is 1.82. The maximum absolute atomic E-state index is 11.3. The number of nitrogens with one attached hydrogen (secondary N) is 1. The first-order valence-electron chi connectivity index (χ1n) is 6.16. The predicted octanol–water partition coefficient (Wildman–Crippen LogP) is 1.55. The highest BCUT2D eigenvalue weighted by Crippen LogP contribution is 2.09. The van der Waals surface area contributed by atoms with Gasteiger partial charge in [-0.3, -0.25) is 4.79 Å². The normalized spacial score (nSPS) is 12.7. The molecule has 1 aromatic rings. The first kappa shape index (κ1) is 14.7. The Hall–Kier alpha value is -1.39. The van der Waals surface area contributed by atoms with Crippen LogP contribution in [0.3, 0.4) is 0 Å². The molecule has 1 rings (SSSR count). The largest absolute Gasteiger partial charge is 0.383 e. The Balaban J connectivity index is 2.70. The van der Waals surface area contributed by atoms with Crippen LogP contribution in [0.5, 0.6) is 0 Å². The molecular formula is C14H22N2O2. The zero-order chi connectivity index (χ0) is 13.5. The first-order chi connectivity index (χ1) is 8.56. The minimum atomic E-state index is -0.389. The van der Waals surface area contributed by atoms with Gasteiger partial charge in [0.1, 0.15) is 0 Å². The van der Waals surface area contributed by atoms with Crippen LogP contribution >= 0.6 is 0 Å². The molecule has 1 atom stereocenters. The van der Waals surface area contributed by atoms with Gasteiger partial charge in [-0.05, 0) is 17.5 Å². The van der Waals surface area contributed by atoms with Gasteiger partial charge in [0.05, 0.1) is 6.61 Å². The number of hydrogen-bond donors (Lipinski definition) is 2. The predicted molar refractivity (Wildman–Crippen MR) is 72.3 cm³/mol. The third-order valence-electron chi connectivity index (χ3n) is 2.99. The van der Waals surface area contributed by atoms with Crippen molar-refractivity contribution in [3.8, 4) is 0 Å². The van der Waals surface area contributed by atoms with Crippen molar-refractivity contribution >= 4 is 5.91 Å². The fourth-order valence-corrected chi connectivity index (χ4v) is 1.82. The molecule has 1 amide bonds. The van der Waals surface area contributed by atoms with E-state index in [4.69, 9.17) is 10.5 Å². The number of hydrogen-bond acceptors (Lipinski definition) is 3. The number of primary amides is 1. The Morgan fingerprint density at radius 1 is 1.39 bits per heavy atom. The molecule has 0 aliphatic heterocycles. The summed E-state index contributed by atoms with van der Waals surface area (Å²) in [6.07, 6.45) is 0. The molecular weight excluding hydrogens is 228 g/mol. The number of rotatable bonds is 7. The Morgan fingerprint density at radius 2 is 2.06 bits per heavy atom. The Morgan fingerprint density at radius 3 is 2.61 bits per heavy atom. The monoisotopic (exact) mass is 250 g/mol. The van der Waals surface area contributed by atoms with Crippen LogP contribution in [0.1, 0.15) is 29.8 Å². The van der Waals surface area contributed by atoms with E-state index < -0.39 is 0 Å². The number of methoxy groups -OCH3 is 1. The maximum atomic E-state index is 11.3. The molecule has 0 radical (unpaired) electrons. The van der Waals surface area contributed by atoms with Crippen molar-refractivity contribution in [3.63, 3.8) is 0 Å². The summed E-state index contributed by atoms with van der Waals surface area (Å²) in [7, 11) is 1.69. The molecule has 0 aliphatic rings. The summed E-state index contributed by atoms with van der Waals surface area (Å²) >= 11 is 0. The molecule has 100 valence electrons. The van der Waals surface area contributed by atoms with E-state index in [1.807, 2.05) is 18.2 Å². The van der Waals surface area contributed by atoms with Crippen molar-refractivity contribution in [3.05, 3.63) is 35.4 Å². The second-order valence-electron chi connectivity index (χ2n) is 4.71. The van der Waals surface area contributed by atoms with E-state index in [9.17, 15) is 4.79 Å². The summed E-state index contributed by atoms with van der Waals surface area (Å²) in [4.78, 5) is 11.3. The second-order valence-corrected chi connectivity index (χ2v) is 4.71. The Bertz CT molecular complexity index is 391. The molecule has 0 aromatic heterocycles. The second kappa shape index (κ2) is 7.13. The highest BCUT2D eigenvalue weighted by atomic mass is 16.5. The molecule has 3 N–H and O–H groups in total. The van der Waals surface area contributed by atoms with E-state index in [0.29, 0.717) is 24.6 Å². The van der Waals surface area contributed by atoms with Crippen molar-refractivity contribution in [1.82, 2.24) is 5.32 Å². The minimum absolute atomic E-state index is 0.260. The van der Waals surface area contributed by atoms with Gasteiger partial charge >= 0.3 is 0 Å². The lowest BCUT2D eigenvalue weighted by Gasteiger charge is -2.22. The van der Waals surface area contributed by atoms with E-state index in [1.165, 1.54) is 0 Å². The molecule has 0 bridgehead atoms. The summed E-state index contributed by atoms with van der Waals surface area (Å²) in [5, 5.41) is 3.40. The summed E-state index contributed by atoms with van der Waals surface area (Å²) in [6, 6.07) is 7.65. The fraction of sp³-hybridized carbons (Fsp3) is 0.500. The lowest BCUT2D eigenvalue weighted by Crippen LogP contribution is -2.37. The highest BCUT2D eigenvalue weighted by molar-refractivity contribution is 5.94. The smallest absolute Gasteiger partial charge is 0.249 e. The van der Waals surface area contributed by atoms with Gasteiger partial charge in [0, 0.05) is 25.3 Å². The first-order valence-corrected chi connectivity index (χ1v) is 6.16. The average Bonchev–Trinajstić information content (AvgIpc) is 2.34. The molecule has 0 spiro atoms. The molecule has 4 nitrogen and oxygen atoms in total. The number of ether oxygens (including phenoxy) is 1. The van der Waals surface area contributed by atoms with Crippen molar-refractivity contribution in [1.29, 1.82) is 0 Å². The van der Waals surface area contributed by atoms with Gasteiger partial charge in [0.25, 0.3) is 0 Å². The van der Waals surface area contributed by atoms with Gasteiger partial charge in [-0.2, -0.15) is 0 Å². The summed E-state index contributed by atoms with van der Waals surface area (Å²) in [5.74, 6) is 0.0749. The van der Waals surface area contributed by atoms with Crippen LogP contribution in [-0.2, 0) is 11.3 Å². The van der Waals surface area contributed by atoms with Gasteiger partial charge < -0.3 is 15.8 Å². The van der Waals surface area contributed by atoms with Crippen molar-refractivity contribution in [2.24, 2.45) is 11.7 Å². The minimum Gasteiger partial charge on any atom is -0.383 e. The number of carbonyl (C=O) groups is 1. The molecule has 0 aliphatic carbocycles. The van der Waals surface area contributed by atoms with Crippen LogP contribution in [0.25, 0.3) is 0 Å². The molecule has 0 fully saturated rings. The Kier molecular flexibility index (Phi) is 5.82. The van der Waals surface area contributed by atoms with Crippen LogP contribution < -0.4 is 11.1 Å². The van der Waals surface area contributed by atoms with E-state index >= 15 is 0 Å². The molecule has 0 saturated carbocycles. The van der Waals surface area contributed by atoms with E-state index in [0.717, 1.165) is 5.56 Å². The molecule has 18 heavy (non-hydrogen) atoms. The Labute approximate surface area is 109 Å². The quantitative estimate of drug-likeness (QED) is 0.771. The van der Waals surface area contributed by atoms with Crippen LogP contribution in [0.4, 0.5) is 0 Å². The van der Waals surface area contributed by atoms with Crippen molar-refractivity contribution < 1.29 is 9.53 Å². The number of amides is 1. The lowest BCUT2D eigenvalue weighted by atomic mass is 10.0.